The number of hydrogen-bond acceptors (Lipinski definition) is 3. The van der Waals surface area contributed by atoms with Crippen LogP contribution in [0.15, 0.2) is 11.0 Å². The van der Waals surface area contributed by atoms with Crippen molar-refractivity contribution in [3.8, 4) is 0 Å². The molecule has 0 aromatic carbocycles. The SMILES string of the molecule is Cc1c(S(=O)(=O)N2CCCC2)cc(C(=O)NC2CCCCCC2)n1C. The Morgan fingerprint density at radius 2 is 1.68 bits per heavy atom. The number of sulfonamides is 1. The van der Waals surface area contributed by atoms with Crippen LogP contribution in [-0.4, -0.2) is 42.3 Å². The van der Waals surface area contributed by atoms with Gasteiger partial charge in [0, 0.05) is 31.9 Å². The fourth-order valence-electron chi connectivity index (χ4n) is 3.90. The average Bonchev–Trinajstić information content (AvgIpc) is 3.13. The predicted molar refractivity (Wildman–Crippen MR) is 97.1 cm³/mol. The number of carbonyl (C=O) groups is 1. The number of aromatic nitrogens is 1. The van der Waals surface area contributed by atoms with Gasteiger partial charge < -0.3 is 9.88 Å². The number of carbonyl (C=O) groups excluding carboxylic acids is 1. The zero-order valence-electron chi connectivity index (χ0n) is 15.3. The summed E-state index contributed by atoms with van der Waals surface area (Å²) < 4.78 is 29.0. The van der Waals surface area contributed by atoms with Crippen LogP contribution >= 0.6 is 0 Å². The summed E-state index contributed by atoms with van der Waals surface area (Å²) in [6.07, 6.45) is 8.57. The van der Waals surface area contributed by atoms with Gasteiger partial charge in [-0.3, -0.25) is 4.79 Å². The van der Waals surface area contributed by atoms with Crippen LogP contribution in [0.2, 0.25) is 0 Å². The molecular weight excluding hydrogens is 338 g/mol. The largest absolute Gasteiger partial charge is 0.348 e. The van der Waals surface area contributed by atoms with Gasteiger partial charge in [0.15, 0.2) is 0 Å². The lowest BCUT2D eigenvalue weighted by Gasteiger charge is -2.16. The molecule has 3 rings (SSSR count). The summed E-state index contributed by atoms with van der Waals surface area (Å²) in [4.78, 5) is 13.0. The smallest absolute Gasteiger partial charge is 0.268 e. The van der Waals surface area contributed by atoms with E-state index in [1.807, 2.05) is 0 Å². The summed E-state index contributed by atoms with van der Waals surface area (Å²) in [5.74, 6) is -0.166. The summed E-state index contributed by atoms with van der Waals surface area (Å²) in [7, 11) is -1.75. The third kappa shape index (κ3) is 3.77. The van der Waals surface area contributed by atoms with Gasteiger partial charge in [0.2, 0.25) is 10.0 Å². The molecular formula is C18H29N3O3S. The molecule has 1 amide bonds. The summed E-state index contributed by atoms with van der Waals surface area (Å²) in [5, 5.41) is 3.11. The maximum Gasteiger partial charge on any atom is 0.268 e. The molecule has 0 unspecified atom stereocenters. The zero-order valence-corrected chi connectivity index (χ0v) is 16.1. The lowest BCUT2D eigenvalue weighted by molar-refractivity contribution is 0.0925. The zero-order chi connectivity index (χ0) is 18.0. The molecule has 1 aliphatic heterocycles. The van der Waals surface area contributed by atoms with E-state index in [1.54, 1.807) is 24.6 Å². The third-order valence-electron chi connectivity index (χ3n) is 5.59. The van der Waals surface area contributed by atoms with E-state index in [-0.39, 0.29) is 16.8 Å². The highest BCUT2D eigenvalue weighted by molar-refractivity contribution is 7.89. The normalized spacial score (nSPS) is 20.6. The van der Waals surface area contributed by atoms with E-state index in [2.05, 4.69) is 5.32 Å². The topological polar surface area (TPSA) is 71.4 Å². The average molecular weight is 368 g/mol. The minimum atomic E-state index is -3.51. The Kier molecular flexibility index (Phi) is 5.53. The van der Waals surface area contributed by atoms with E-state index < -0.39 is 10.0 Å². The molecule has 0 spiro atoms. The molecule has 0 radical (unpaired) electrons. The van der Waals surface area contributed by atoms with Crippen molar-refractivity contribution in [3.63, 3.8) is 0 Å². The molecule has 6 nitrogen and oxygen atoms in total. The fraction of sp³-hybridized carbons (Fsp3) is 0.722. The van der Waals surface area contributed by atoms with Gasteiger partial charge in [0.1, 0.15) is 10.6 Å². The lowest BCUT2D eigenvalue weighted by Crippen LogP contribution is -2.35. The van der Waals surface area contributed by atoms with Crippen LogP contribution in [0.4, 0.5) is 0 Å². The molecule has 1 aromatic heterocycles. The lowest BCUT2D eigenvalue weighted by atomic mass is 10.1. The molecule has 1 N–H and O–H groups in total. The van der Waals surface area contributed by atoms with E-state index in [0.717, 1.165) is 38.5 Å². The van der Waals surface area contributed by atoms with Crippen LogP contribution in [0.5, 0.6) is 0 Å². The highest BCUT2D eigenvalue weighted by Gasteiger charge is 2.32. The third-order valence-corrected chi connectivity index (χ3v) is 7.61. The Hall–Kier alpha value is -1.34. The summed E-state index contributed by atoms with van der Waals surface area (Å²) in [6.45, 7) is 2.91. The Morgan fingerprint density at radius 1 is 1.08 bits per heavy atom. The van der Waals surface area contributed by atoms with E-state index in [4.69, 9.17) is 0 Å². The van der Waals surface area contributed by atoms with Crippen LogP contribution < -0.4 is 5.32 Å². The van der Waals surface area contributed by atoms with Crippen LogP contribution in [-0.2, 0) is 17.1 Å². The molecule has 7 heteroatoms. The molecule has 2 fully saturated rings. The molecule has 140 valence electrons. The minimum absolute atomic E-state index is 0.166. The predicted octanol–water partition coefficient (Wildman–Crippen LogP) is 2.57. The number of nitrogens with zero attached hydrogens (tertiary/aromatic N) is 2. The summed E-state index contributed by atoms with van der Waals surface area (Å²) in [6, 6.07) is 1.75. The maximum atomic E-state index is 12.9. The van der Waals surface area contributed by atoms with Crippen LogP contribution in [0, 0.1) is 6.92 Å². The fourth-order valence-corrected chi connectivity index (χ4v) is 5.69. The van der Waals surface area contributed by atoms with Crippen LogP contribution in [0.3, 0.4) is 0 Å². The Labute approximate surface area is 150 Å². The van der Waals surface area contributed by atoms with Crippen molar-refractivity contribution < 1.29 is 13.2 Å². The van der Waals surface area contributed by atoms with Crippen molar-refractivity contribution >= 4 is 15.9 Å². The van der Waals surface area contributed by atoms with Gasteiger partial charge in [0.05, 0.1) is 0 Å². The Bertz CT molecular complexity index is 725. The van der Waals surface area contributed by atoms with Gasteiger partial charge in [-0.2, -0.15) is 4.31 Å². The van der Waals surface area contributed by atoms with Crippen molar-refractivity contribution in [2.24, 2.45) is 7.05 Å². The van der Waals surface area contributed by atoms with Crippen LogP contribution in [0.1, 0.15) is 67.5 Å². The molecule has 1 aromatic rings. The van der Waals surface area contributed by atoms with E-state index in [1.165, 1.54) is 17.1 Å². The van der Waals surface area contributed by atoms with Crippen LogP contribution in [0.25, 0.3) is 0 Å². The first kappa shape index (κ1) is 18.5. The number of rotatable bonds is 4. The highest BCUT2D eigenvalue weighted by atomic mass is 32.2. The van der Waals surface area contributed by atoms with Crippen molar-refractivity contribution in [2.45, 2.75) is 69.2 Å². The van der Waals surface area contributed by atoms with Gasteiger partial charge in [-0.05, 0) is 38.7 Å². The number of amides is 1. The standard InChI is InChI=1S/C18H29N3O3S/c1-14-17(25(23,24)21-11-7-8-12-21)13-16(20(14)2)18(22)19-15-9-5-3-4-6-10-15/h13,15H,3-12H2,1-2H3,(H,19,22). The first-order valence-corrected chi connectivity index (χ1v) is 10.8. The van der Waals surface area contributed by atoms with E-state index in [0.29, 0.717) is 24.5 Å². The molecule has 1 saturated carbocycles. The van der Waals surface area contributed by atoms with Gasteiger partial charge in [0.25, 0.3) is 5.91 Å². The van der Waals surface area contributed by atoms with Gasteiger partial charge >= 0.3 is 0 Å². The van der Waals surface area contributed by atoms with Crippen molar-refractivity contribution in [1.29, 1.82) is 0 Å². The van der Waals surface area contributed by atoms with E-state index >= 15 is 0 Å². The monoisotopic (exact) mass is 367 g/mol. The molecule has 0 atom stereocenters. The quantitative estimate of drug-likeness (QED) is 0.832. The highest BCUT2D eigenvalue weighted by Crippen LogP contribution is 2.26. The summed E-state index contributed by atoms with van der Waals surface area (Å²) in [5.41, 5.74) is 1.05. The molecule has 25 heavy (non-hydrogen) atoms. The molecule has 2 aliphatic rings. The van der Waals surface area contributed by atoms with Crippen molar-refractivity contribution in [2.75, 3.05) is 13.1 Å². The van der Waals surface area contributed by atoms with Crippen molar-refractivity contribution in [3.05, 3.63) is 17.5 Å². The molecule has 2 heterocycles. The molecule has 0 bridgehead atoms. The second-order valence-electron chi connectivity index (χ2n) is 7.31. The first-order chi connectivity index (χ1) is 11.9. The number of nitrogens with one attached hydrogen (secondary N) is 1. The molecule has 1 saturated heterocycles. The van der Waals surface area contributed by atoms with Gasteiger partial charge in [-0.15, -0.1) is 0 Å². The Morgan fingerprint density at radius 3 is 2.28 bits per heavy atom. The van der Waals surface area contributed by atoms with Gasteiger partial charge in [-0.25, -0.2) is 8.42 Å². The van der Waals surface area contributed by atoms with E-state index in [9.17, 15) is 13.2 Å². The van der Waals surface area contributed by atoms with Gasteiger partial charge in [-0.1, -0.05) is 25.7 Å². The molecule has 1 aliphatic carbocycles. The maximum absolute atomic E-state index is 12.9. The second-order valence-corrected chi connectivity index (χ2v) is 9.22. The minimum Gasteiger partial charge on any atom is -0.348 e. The Balaban J connectivity index is 1.81. The number of hydrogen-bond donors (Lipinski definition) is 1. The summed E-state index contributed by atoms with van der Waals surface area (Å²) >= 11 is 0. The second kappa shape index (κ2) is 7.50. The first-order valence-electron chi connectivity index (χ1n) is 9.38. The van der Waals surface area contributed by atoms with Crippen molar-refractivity contribution in [1.82, 2.24) is 14.2 Å².